The van der Waals surface area contributed by atoms with Crippen LogP contribution in [0.25, 0.3) is 0 Å². The predicted octanol–water partition coefficient (Wildman–Crippen LogP) is 3.67. The van der Waals surface area contributed by atoms with E-state index in [1.54, 1.807) is 0 Å². The quantitative estimate of drug-likeness (QED) is 0.741. The third-order valence-electron chi connectivity index (χ3n) is 5.00. The molecule has 2 aromatic rings. The molecule has 1 amide bonds. The third-order valence-corrected chi connectivity index (χ3v) is 5.00. The zero-order valence-electron chi connectivity index (χ0n) is 16.4. The van der Waals surface area contributed by atoms with Crippen molar-refractivity contribution in [3.8, 4) is 0 Å². The van der Waals surface area contributed by atoms with E-state index in [1.807, 2.05) is 24.3 Å². The number of benzene rings is 1. The molecule has 0 unspecified atom stereocenters. The van der Waals surface area contributed by atoms with Gasteiger partial charge >= 0.3 is 0 Å². The summed E-state index contributed by atoms with van der Waals surface area (Å²) in [6, 6.07) is 7.74. The maximum absolute atomic E-state index is 12.5. The Kier molecular flexibility index (Phi) is 6.68. The molecular formula is C20H30N6O. The molecule has 0 bridgehead atoms. The van der Waals surface area contributed by atoms with E-state index in [2.05, 4.69) is 44.1 Å². The number of H-pyrrole nitrogens is 1. The van der Waals surface area contributed by atoms with Crippen molar-refractivity contribution in [2.75, 3.05) is 41.3 Å². The molecule has 3 rings (SSSR count). The fourth-order valence-corrected chi connectivity index (χ4v) is 3.37. The molecule has 1 fully saturated rings. The minimum absolute atomic E-state index is 0.181. The largest absolute Gasteiger partial charge is 0.372 e. The van der Waals surface area contributed by atoms with E-state index in [0.29, 0.717) is 17.5 Å². The molecular weight excluding hydrogens is 340 g/mol. The van der Waals surface area contributed by atoms with E-state index in [4.69, 9.17) is 0 Å². The van der Waals surface area contributed by atoms with Crippen molar-refractivity contribution in [2.24, 2.45) is 0 Å². The highest BCUT2D eigenvalue weighted by Crippen LogP contribution is 2.18. The molecule has 1 aromatic carbocycles. The van der Waals surface area contributed by atoms with Gasteiger partial charge < -0.3 is 9.80 Å². The van der Waals surface area contributed by atoms with Crippen LogP contribution in [0.4, 0.5) is 17.6 Å². The summed E-state index contributed by atoms with van der Waals surface area (Å²) in [5.41, 5.74) is 1.76. The number of hydrogen-bond donors (Lipinski definition) is 2. The second kappa shape index (κ2) is 9.39. The van der Waals surface area contributed by atoms with Crippen molar-refractivity contribution in [1.29, 1.82) is 0 Å². The summed E-state index contributed by atoms with van der Waals surface area (Å²) in [4.78, 5) is 21.4. The summed E-state index contributed by atoms with van der Waals surface area (Å²) in [5, 5.41) is 9.86. The topological polar surface area (TPSA) is 77.2 Å². The van der Waals surface area contributed by atoms with Crippen LogP contribution >= 0.6 is 0 Å². The first-order chi connectivity index (χ1) is 13.2. The van der Waals surface area contributed by atoms with Gasteiger partial charge in [-0.25, -0.2) is 5.10 Å². The fraction of sp³-hybridized carbons (Fsp3) is 0.550. The Hall–Kier alpha value is -2.57. The molecule has 0 atom stereocenters. The van der Waals surface area contributed by atoms with Gasteiger partial charge in [-0.15, -0.1) is 5.10 Å². The third kappa shape index (κ3) is 4.99. The lowest BCUT2D eigenvalue weighted by atomic mass is 10.1. The Morgan fingerprint density at radius 2 is 1.93 bits per heavy atom. The van der Waals surface area contributed by atoms with Gasteiger partial charge in [0.25, 0.3) is 5.91 Å². The molecule has 0 aliphatic carbocycles. The Labute approximate surface area is 161 Å². The number of nitrogens with one attached hydrogen (secondary N) is 2. The van der Waals surface area contributed by atoms with Gasteiger partial charge in [0.05, 0.1) is 0 Å². The predicted molar refractivity (Wildman–Crippen MR) is 110 cm³/mol. The van der Waals surface area contributed by atoms with Crippen LogP contribution < -0.4 is 15.1 Å². The molecule has 146 valence electrons. The highest BCUT2D eigenvalue weighted by molar-refractivity contribution is 6.03. The standard InChI is InChI=1S/C20H30N6O/c1-3-5-13-25(4-2)17-11-9-16(10-12-17)18(27)21-19-22-20(24-23-19)26-14-7-6-8-15-26/h9-12H,3-8,13-15H2,1-2H3,(H2,21,22,23,24,27). The monoisotopic (exact) mass is 370 g/mol. The average molecular weight is 371 g/mol. The Bertz CT molecular complexity index is 720. The van der Waals surface area contributed by atoms with Gasteiger partial charge in [0, 0.05) is 37.4 Å². The molecule has 1 aliphatic heterocycles. The molecule has 0 spiro atoms. The number of aromatic nitrogens is 3. The minimum Gasteiger partial charge on any atom is -0.372 e. The highest BCUT2D eigenvalue weighted by Gasteiger charge is 2.16. The van der Waals surface area contributed by atoms with E-state index < -0.39 is 0 Å². The van der Waals surface area contributed by atoms with Crippen molar-refractivity contribution < 1.29 is 4.79 Å². The highest BCUT2D eigenvalue weighted by atomic mass is 16.1. The molecule has 7 heteroatoms. The Balaban J connectivity index is 1.60. The lowest BCUT2D eigenvalue weighted by Crippen LogP contribution is -2.30. The van der Waals surface area contributed by atoms with Gasteiger partial charge in [-0.3, -0.25) is 10.1 Å². The van der Waals surface area contributed by atoms with Crippen LogP contribution in [0.2, 0.25) is 0 Å². The second-order valence-electron chi connectivity index (χ2n) is 6.97. The fourth-order valence-electron chi connectivity index (χ4n) is 3.37. The minimum atomic E-state index is -0.181. The van der Waals surface area contributed by atoms with Gasteiger partial charge in [0.2, 0.25) is 11.9 Å². The molecule has 1 aromatic heterocycles. The van der Waals surface area contributed by atoms with Crippen LogP contribution in [0.5, 0.6) is 0 Å². The van der Waals surface area contributed by atoms with E-state index in [1.165, 1.54) is 19.3 Å². The van der Waals surface area contributed by atoms with E-state index in [-0.39, 0.29) is 5.91 Å². The number of aromatic amines is 1. The number of carbonyl (C=O) groups is 1. The van der Waals surface area contributed by atoms with Crippen molar-refractivity contribution >= 4 is 23.5 Å². The van der Waals surface area contributed by atoms with Gasteiger partial charge in [-0.05, 0) is 56.9 Å². The molecule has 0 saturated carbocycles. The van der Waals surface area contributed by atoms with Gasteiger partial charge in [-0.2, -0.15) is 4.98 Å². The lowest BCUT2D eigenvalue weighted by molar-refractivity contribution is 0.102. The first kappa shape index (κ1) is 19.2. The summed E-state index contributed by atoms with van der Waals surface area (Å²) < 4.78 is 0. The number of piperidine rings is 1. The van der Waals surface area contributed by atoms with Crippen LogP contribution in [0.1, 0.15) is 56.3 Å². The molecule has 1 saturated heterocycles. The van der Waals surface area contributed by atoms with Gasteiger partial charge in [0.15, 0.2) is 0 Å². The number of amides is 1. The zero-order valence-corrected chi connectivity index (χ0v) is 16.4. The zero-order chi connectivity index (χ0) is 19.1. The van der Waals surface area contributed by atoms with E-state index in [0.717, 1.165) is 44.7 Å². The van der Waals surface area contributed by atoms with Gasteiger partial charge in [0.1, 0.15) is 0 Å². The summed E-state index contributed by atoms with van der Waals surface area (Å²) >= 11 is 0. The summed E-state index contributed by atoms with van der Waals surface area (Å²) in [6.07, 6.45) is 5.92. The molecule has 2 heterocycles. The maximum atomic E-state index is 12.5. The molecule has 1 aliphatic rings. The maximum Gasteiger partial charge on any atom is 0.258 e. The molecule has 2 N–H and O–H groups in total. The van der Waals surface area contributed by atoms with Crippen LogP contribution in [0.3, 0.4) is 0 Å². The number of nitrogens with zero attached hydrogens (tertiary/aromatic N) is 4. The number of carbonyl (C=O) groups excluding carboxylic acids is 1. The second-order valence-corrected chi connectivity index (χ2v) is 6.97. The van der Waals surface area contributed by atoms with Crippen molar-refractivity contribution in [2.45, 2.75) is 46.0 Å². The smallest absolute Gasteiger partial charge is 0.258 e. The van der Waals surface area contributed by atoms with Crippen LogP contribution in [0.15, 0.2) is 24.3 Å². The Morgan fingerprint density at radius 3 is 2.59 bits per heavy atom. The summed E-state index contributed by atoms with van der Waals surface area (Å²) in [6.45, 7) is 8.29. The normalized spacial score (nSPS) is 14.2. The van der Waals surface area contributed by atoms with Crippen molar-refractivity contribution in [1.82, 2.24) is 15.2 Å². The Morgan fingerprint density at radius 1 is 1.19 bits per heavy atom. The average Bonchev–Trinajstić information content (AvgIpc) is 3.18. The first-order valence-electron chi connectivity index (χ1n) is 10.0. The van der Waals surface area contributed by atoms with Crippen LogP contribution in [-0.2, 0) is 0 Å². The van der Waals surface area contributed by atoms with Crippen molar-refractivity contribution in [3.63, 3.8) is 0 Å². The number of anilines is 3. The van der Waals surface area contributed by atoms with Crippen molar-refractivity contribution in [3.05, 3.63) is 29.8 Å². The molecule has 7 nitrogen and oxygen atoms in total. The summed E-state index contributed by atoms with van der Waals surface area (Å²) in [5.74, 6) is 0.872. The van der Waals surface area contributed by atoms with Crippen LogP contribution in [-0.4, -0.2) is 47.3 Å². The van der Waals surface area contributed by atoms with Gasteiger partial charge in [-0.1, -0.05) is 13.3 Å². The number of rotatable bonds is 8. The molecule has 0 radical (unpaired) electrons. The van der Waals surface area contributed by atoms with E-state index >= 15 is 0 Å². The van der Waals surface area contributed by atoms with E-state index in [9.17, 15) is 4.79 Å². The number of hydrogen-bond acceptors (Lipinski definition) is 5. The first-order valence-corrected chi connectivity index (χ1v) is 10.0. The molecule has 27 heavy (non-hydrogen) atoms. The SMILES string of the molecule is CCCCN(CC)c1ccc(C(=O)Nc2nc(N3CCCCC3)n[nH]2)cc1. The number of unbranched alkanes of at least 4 members (excludes halogenated alkanes) is 1. The summed E-state index contributed by atoms with van der Waals surface area (Å²) in [7, 11) is 0. The lowest BCUT2D eigenvalue weighted by Gasteiger charge is -2.24. The van der Waals surface area contributed by atoms with Crippen LogP contribution in [0, 0.1) is 0 Å².